The van der Waals surface area contributed by atoms with Crippen molar-refractivity contribution in [1.29, 1.82) is 0 Å². The van der Waals surface area contributed by atoms with E-state index < -0.39 is 5.97 Å². The fourth-order valence-corrected chi connectivity index (χ4v) is 1.29. The van der Waals surface area contributed by atoms with Crippen LogP contribution in [0.25, 0.3) is 0 Å². The number of anilines is 1. The average Bonchev–Trinajstić information content (AvgIpc) is 2.30. The minimum Gasteiger partial charge on any atom is -0.465 e. The highest BCUT2D eigenvalue weighted by atomic mass is 16.5. The minimum absolute atomic E-state index is 0.339. The van der Waals surface area contributed by atoms with E-state index in [-0.39, 0.29) is 6.03 Å². The van der Waals surface area contributed by atoms with Crippen molar-refractivity contribution in [3.8, 4) is 0 Å². The summed E-state index contributed by atoms with van der Waals surface area (Å²) in [5, 5.41) is 5.02. The predicted octanol–water partition coefficient (Wildman–Crippen LogP) is 1.53. The summed E-state index contributed by atoms with van der Waals surface area (Å²) in [7, 11) is 2.81. The van der Waals surface area contributed by atoms with E-state index in [1.165, 1.54) is 14.2 Å². The van der Waals surface area contributed by atoms with Crippen LogP contribution in [-0.2, 0) is 4.74 Å². The lowest BCUT2D eigenvalue weighted by Crippen LogP contribution is -2.26. The normalized spacial score (nSPS) is 9.44. The molecule has 1 rings (SSSR count). The molecule has 0 aromatic heterocycles. The molecule has 0 aliphatic rings. The van der Waals surface area contributed by atoms with E-state index in [4.69, 9.17) is 0 Å². The van der Waals surface area contributed by atoms with E-state index >= 15 is 0 Å². The van der Waals surface area contributed by atoms with Crippen LogP contribution in [0.5, 0.6) is 0 Å². The third-order valence-electron chi connectivity index (χ3n) is 2.14. The maximum atomic E-state index is 11.5. The van der Waals surface area contributed by atoms with E-state index in [1.54, 1.807) is 25.1 Å². The summed E-state index contributed by atoms with van der Waals surface area (Å²) in [4.78, 5) is 22.7. The van der Waals surface area contributed by atoms with E-state index in [2.05, 4.69) is 15.4 Å². The number of amides is 2. The summed E-state index contributed by atoms with van der Waals surface area (Å²) in [6.07, 6.45) is 0. The van der Waals surface area contributed by atoms with Crippen LogP contribution >= 0.6 is 0 Å². The Hall–Kier alpha value is -2.04. The zero-order chi connectivity index (χ0) is 12.1. The van der Waals surface area contributed by atoms with Crippen molar-refractivity contribution in [2.45, 2.75) is 6.92 Å². The Morgan fingerprint density at radius 2 is 2.00 bits per heavy atom. The second-order valence-corrected chi connectivity index (χ2v) is 3.19. The number of rotatable bonds is 2. The van der Waals surface area contributed by atoms with Crippen LogP contribution in [-0.4, -0.2) is 26.2 Å². The monoisotopic (exact) mass is 222 g/mol. The first-order valence-electron chi connectivity index (χ1n) is 4.76. The molecule has 5 heteroatoms. The summed E-state index contributed by atoms with van der Waals surface area (Å²) in [5.74, 6) is -0.477. The first-order chi connectivity index (χ1) is 7.60. The van der Waals surface area contributed by atoms with Gasteiger partial charge in [0.05, 0.1) is 18.4 Å². The molecule has 2 amide bonds. The van der Waals surface area contributed by atoms with Crippen LogP contribution in [0.3, 0.4) is 0 Å². The number of carbonyl (C=O) groups is 2. The molecule has 86 valence electrons. The van der Waals surface area contributed by atoms with Gasteiger partial charge in [0.1, 0.15) is 0 Å². The highest BCUT2D eigenvalue weighted by molar-refractivity contribution is 6.01. The Labute approximate surface area is 93.8 Å². The predicted molar refractivity (Wildman–Crippen MR) is 60.6 cm³/mol. The number of carbonyl (C=O) groups excluding carboxylic acids is 2. The molecule has 1 aromatic rings. The lowest BCUT2D eigenvalue weighted by molar-refractivity contribution is 0.0602. The van der Waals surface area contributed by atoms with Crippen LogP contribution in [0.1, 0.15) is 15.9 Å². The number of methoxy groups -OCH3 is 1. The quantitative estimate of drug-likeness (QED) is 0.746. The number of nitrogens with one attached hydrogen (secondary N) is 2. The van der Waals surface area contributed by atoms with Gasteiger partial charge in [-0.25, -0.2) is 9.59 Å². The minimum atomic E-state index is -0.477. The molecule has 0 bridgehead atoms. The van der Waals surface area contributed by atoms with Gasteiger partial charge in [-0.1, -0.05) is 12.1 Å². The highest BCUT2D eigenvalue weighted by Crippen LogP contribution is 2.21. The Morgan fingerprint density at radius 3 is 2.56 bits per heavy atom. The summed E-state index contributed by atoms with van der Waals surface area (Å²) in [6, 6.07) is 4.76. The lowest BCUT2D eigenvalue weighted by atomic mass is 10.1. The highest BCUT2D eigenvalue weighted by Gasteiger charge is 2.14. The number of para-hydroxylation sites is 1. The number of benzene rings is 1. The van der Waals surface area contributed by atoms with Crippen molar-refractivity contribution >= 4 is 17.7 Å². The largest absolute Gasteiger partial charge is 0.465 e. The molecule has 0 saturated heterocycles. The number of ether oxygens (including phenoxy) is 1. The number of hydrogen-bond donors (Lipinski definition) is 2. The van der Waals surface area contributed by atoms with E-state index in [1.807, 2.05) is 0 Å². The summed E-state index contributed by atoms with van der Waals surface area (Å²) in [5.41, 5.74) is 1.60. The Kier molecular flexibility index (Phi) is 3.88. The van der Waals surface area contributed by atoms with Crippen molar-refractivity contribution in [3.63, 3.8) is 0 Å². The SMILES string of the molecule is CNC(=O)Nc1c(C)cccc1C(=O)OC. The van der Waals surface area contributed by atoms with E-state index in [0.717, 1.165) is 5.56 Å². The van der Waals surface area contributed by atoms with Crippen LogP contribution in [0, 0.1) is 6.92 Å². The molecular formula is C11H14N2O3. The summed E-state index contributed by atoms with van der Waals surface area (Å²) >= 11 is 0. The van der Waals surface area contributed by atoms with Crippen molar-refractivity contribution < 1.29 is 14.3 Å². The summed E-state index contributed by atoms with van der Waals surface area (Å²) < 4.78 is 4.64. The first-order valence-corrected chi connectivity index (χ1v) is 4.76. The molecule has 0 atom stereocenters. The molecule has 0 unspecified atom stereocenters. The molecule has 0 spiro atoms. The zero-order valence-electron chi connectivity index (χ0n) is 9.46. The number of esters is 1. The number of urea groups is 1. The van der Waals surface area contributed by atoms with Gasteiger partial charge in [0.2, 0.25) is 0 Å². The fourth-order valence-electron chi connectivity index (χ4n) is 1.29. The second kappa shape index (κ2) is 5.16. The number of aryl methyl sites for hydroxylation is 1. The molecule has 0 saturated carbocycles. The maximum Gasteiger partial charge on any atom is 0.339 e. The molecule has 0 aliphatic heterocycles. The third-order valence-corrected chi connectivity index (χ3v) is 2.14. The van der Waals surface area contributed by atoms with Gasteiger partial charge in [-0.2, -0.15) is 0 Å². The van der Waals surface area contributed by atoms with Crippen LogP contribution in [0.15, 0.2) is 18.2 Å². The van der Waals surface area contributed by atoms with Crippen molar-refractivity contribution in [1.82, 2.24) is 5.32 Å². The Bertz CT molecular complexity index is 416. The smallest absolute Gasteiger partial charge is 0.339 e. The van der Waals surface area contributed by atoms with E-state index in [9.17, 15) is 9.59 Å². The molecule has 16 heavy (non-hydrogen) atoms. The van der Waals surface area contributed by atoms with Crippen LogP contribution < -0.4 is 10.6 Å². The van der Waals surface area contributed by atoms with Gasteiger partial charge in [0, 0.05) is 7.05 Å². The lowest BCUT2D eigenvalue weighted by Gasteiger charge is -2.11. The molecule has 0 aliphatic carbocycles. The van der Waals surface area contributed by atoms with Gasteiger partial charge in [-0.3, -0.25) is 0 Å². The van der Waals surface area contributed by atoms with Crippen molar-refractivity contribution in [2.75, 3.05) is 19.5 Å². The fraction of sp³-hybridized carbons (Fsp3) is 0.273. The van der Waals surface area contributed by atoms with Crippen LogP contribution in [0.4, 0.5) is 10.5 Å². The summed E-state index contributed by atoms with van der Waals surface area (Å²) in [6.45, 7) is 1.80. The second-order valence-electron chi connectivity index (χ2n) is 3.19. The molecule has 0 heterocycles. The first kappa shape index (κ1) is 12.0. The molecule has 1 aromatic carbocycles. The van der Waals surface area contributed by atoms with Crippen molar-refractivity contribution in [3.05, 3.63) is 29.3 Å². The van der Waals surface area contributed by atoms with E-state index in [0.29, 0.717) is 11.3 Å². The van der Waals surface area contributed by atoms with Crippen LogP contribution in [0.2, 0.25) is 0 Å². The number of hydrogen-bond acceptors (Lipinski definition) is 3. The van der Waals surface area contributed by atoms with Gasteiger partial charge < -0.3 is 15.4 Å². The molecule has 2 N–H and O–H groups in total. The van der Waals surface area contributed by atoms with Gasteiger partial charge in [-0.05, 0) is 18.6 Å². The Balaban J connectivity index is 3.13. The molecule has 0 radical (unpaired) electrons. The molecule has 0 fully saturated rings. The maximum absolute atomic E-state index is 11.5. The third kappa shape index (κ3) is 2.50. The van der Waals surface area contributed by atoms with Gasteiger partial charge >= 0.3 is 12.0 Å². The van der Waals surface area contributed by atoms with Gasteiger partial charge in [0.15, 0.2) is 0 Å². The topological polar surface area (TPSA) is 67.4 Å². The zero-order valence-corrected chi connectivity index (χ0v) is 9.46. The van der Waals surface area contributed by atoms with Gasteiger partial charge in [0.25, 0.3) is 0 Å². The average molecular weight is 222 g/mol. The molecule has 5 nitrogen and oxygen atoms in total. The molecular weight excluding hydrogens is 208 g/mol. The standard InChI is InChI=1S/C11H14N2O3/c1-7-5-4-6-8(10(14)16-3)9(7)13-11(15)12-2/h4-6H,1-3H3,(H2,12,13,15). The van der Waals surface area contributed by atoms with Gasteiger partial charge in [-0.15, -0.1) is 0 Å². The van der Waals surface area contributed by atoms with Crippen molar-refractivity contribution in [2.24, 2.45) is 0 Å². The Morgan fingerprint density at radius 1 is 1.31 bits per heavy atom.